The van der Waals surface area contributed by atoms with Crippen LogP contribution in [0.2, 0.25) is 0 Å². The standard InChI is InChI=1S/C18H35N6OP.6FH2O3P/c1-7-21(8-2)26(22(9-3)10-4,23(11-5)12-6)25-24-18-16-14-13-15-17(18)19-20-24;6*1-5(2,3)4/h13-16,26H,7-12H2,1-6H3;6*(H2,2,3,4). The second-order valence-corrected chi connectivity index (χ2v) is 17.9. The number of aromatic nitrogens is 3. The van der Waals surface area contributed by atoms with Crippen molar-refractivity contribution in [3.63, 3.8) is 0 Å². The molecule has 1 heterocycles. The molecule has 0 saturated heterocycles. The molecule has 0 aliphatic carbocycles. The average molecular weight is 982 g/mol. The number of fused-ring (bicyclic) bond motifs is 1. The number of hydrogen-bond acceptors (Lipinski definition) is 12. The fourth-order valence-corrected chi connectivity index (χ4v) is 8.10. The smallest absolute Gasteiger partial charge is 0.299 e. The van der Waals surface area contributed by atoms with E-state index in [1.54, 1.807) is 4.85 Å². The summed E-state index contributed by atoms with van der Waals surface area (Å²) in [7, 11) is -33.5. The van der Waals surface area contributed by atoms with E-state index in [1.165, 1.54) is 0 Å². The van der Waals surface area contributed by atoms with Gasteiger partial charge in [0.05, 0.1) is 0 Å². The molecule has 0 aliphatic rings. The van der Waals surface area contributed by atoms with Gasteiger partial charge >= 0.3 is 205 Å². The molecule has 0 radical (unpaired) electrons. The Morgan fingerprint density at radius 3 is 0.946 bits per heavy atom. The number of hydrogen-bond donors (Lipinski definition) is 12. The summed E-state index contributed by atoms with van der Waals surface area (Å²) in [6, 6.07) is 7.96. The quantitative estimate of drug-likeness (QED) is 0.113. The van der Waals surface area contributed by atoms with Crippen LogP contribution in [0.15, 0.2) is 24.3 Å². The van der Waals surface area contributed by atoms with E-state index in [4.69, 9.17) is 90.7 Å². The Morgan fingerprint density at radius 2 is 0.732 bits per heavy atom. The number of para-hydroxylation sites is 1. The van der Waals surface area contributed by atoms with E-state index in [0.717, 1.165) is 50.3 Å². The first-order valence-corrected chi connectivity index (χ1v) is 25.2. The fraction of sp³-hybridized carbons (Fsp3) is 0.667. The van der Waals surface area contributed by atoms with Gasteiger partial charge in [0.25, 0.3) is 0 Å². The van der Waals surface area contributed by atoms with Gasteiger partial charge in [0, 0.05) is 0 Å². The normalized spacial score (nSPS) is 12.5. The van der Waals surface area contributed by atoms with Gasteiger partial charge in [-0.2, -0.15) is 0 Å². The van der Waals surface area contributed by atoms with Crippen molar-refractivity contribution in [1.82, 2.24) is 29.2 Å². The molecule has 0 atom stereocenters. The van der Waals surface area contributed by atoms with Crippen molar-refractivity contribution < 1.29 is 116 Å². The minimum absolute atomic E-state index is 0.856. The first kappa shape index (κ1) is 64.4. The third-order valence-electron chi connectivity index (χ3n) is 5.06. The van der Waals surface area contributed by atoms with Crippen LogP contribution in [0.4, 0.5) is 25.2 Å². The van der Waals surface area contributed by atoms with Crippen LogP contribution in [0.1, 0.15) is 41.5 Å². The summed E-state index contributed by atoms with van der Waals surface area (Å²) in [4.78, 5) is 85.2. The molecule has 25 nitrogen and oxygen atoms in total. The van der Waals surface area contributed by atoms with Crippen LogP contribution in [0.5, 0.6) is 0 Å². The van der Waals surface area contributed by atoms with Gasteiger partial charge in [0.2, 0.25) is 0 Å². The molecule has 0 spiro atoms. The Kier molecular flexibility index (Phi) is 33.8. The van der Waals surface area contributed by atoms with Gasteiger partial charge in [-0.05, 0) is 0 Å². The Morgan fingerprint density at radius 1 is 0.518 bits per heavy atom. The first-order chi connectivity index (χ1) is 24.6. The molecule has 0 aliphatic heterocycles. The molecular formula is C18H47F6N6O19P7. The fourth-order valence-electron chi connectivity index (χ4n) is 3.71. The molecule has 0 saturated carbocycles. The van der Waals surface area contributed by atoms with Crippen LogP contribution in [0.25, 0.3) is 11.0 Å². The summed E-state index contributed by atoms with van der Waals surface area (Å²) in [6.07, 6.45) is 0. The molecule has 340 valence electrons. The summed E-state index contributed by atoms with van der Waals surface area (Å²) in [5.41, 5.74) is 1.77. The molecule has 12 N–H and O–H groups in total. The summed E-state index contributed by atoms with van der Waals surface area (Å²) in [5, 5.41) is 8.62. The maximum atomic E-state index is 10.4. The SMILES string of the molecule is CCN(CC)[PH](On1nnc2ccccc21)(N(CC)CC)N(CC)CC.O=P(O)(O)F.O=P(O)(O)F.O=P(O)(O)F.O=P(O)(O)F.O=P(O)(O)F.O=P(O)(O)F. The van der Waals surface area contributed by atoms with Gasteiger partial charge in [0.1, 0.15) is 0 Å². The minimum Gasteiger partial charge on any atom is -0.299 e. The molecule has 0 amide bonds. The Balaban J connectivity index is -0.000000233. The van der Waals surface area contributed by atoms with Crippen LogP contribution in [0.3, 0.4) is 0 Å². The van der Waals surface area contributed by atoms with E-state index >= 15 is 0 Å². The molecule has 2 rings (SSSR count). The predicted molar refractivity (Wildman–Crippen MR) is 190 cm³/mol. The van der Waals surface area contributed by atoms with Crippen molar-refractivity contribution in [2.75, 3.05) is 39.3 Å². The summed E-state index contributed by atoms with van der Waals surface area (Å²) in [6.45, 7) is 18.9. The maximum absolute atomic E-state index is 10.4. The largest absolute Gasteiger partial charge is 0.507 e. The van der Waals surface area contributed by atoms with Gasteiger partial charge in [-0.15, -0.1) is 25.2 Å². The second kappa shape index (κ2) is 29.4. The van der Waals surface area contributed by atoms with Crippen LogP contribution >= 0.6 is 55.4 Å². The number of halogens is 6. The average Bonchev–Trinajstić information content (AvgIpc) is 3.32. The molecule has 1 aromatic carbocycles. The zero-order valence-corrected chi connectivity index (χ0v) is 36.3. The van der Waals surface area contributed by atoms with Crippen molar-refractivity contribution in [3.05, 3.63) is 24.3 Å². The van der Waals surface area contributed by atoms with E-state index in [2.05, 4.69) is 65.9 Å². The Bertz CT molecular complexity index is 1390. The molecule has 0 bridgehead atoms. The van der Waals surface area contributed by atoms with E-state index in [1.807, 2.05) is 24.3 Å². The molecule has 0 fully saturated rings. The molecule has 2 aromatic rings. The first-order valence-electron chi connectivity index (χ1n) is 14.4. The topological polar surface area (TPSA) is 395 Å². The van der Waals surface area contributed by atoms with Gasteiger partial charge in [-0.1, -0.05) is 0 Å². The van der Waals surface area contributed by atoms with Crippen LogP contribution < -0.4 is 4.62 Å². The van der Waals surface area contributed by atoms with Crippen molar-refractivity contribution >= 4 is 66.4 Å². The maximum Gasteiger partial charge on any atom is 0.507 e. The van der Waals surface area contributed by atoms with Gasteiger partial charge < -0.3 is 0 Å². The third kappa shape index (κ3) is 49.4. The van der Waals surface area contributed by atoms with E-state index < -0.39 is 55.4 Å². The minimum atomic E-state index is -5.14. The number of benzene rings is 1. The van der Waals surface area contributed by atoms with Crippen LogP contribution in [-0.4, -0.2) is 127 Å². The van der Waals surface area contributed by atoms with Gasteiger partial charge in [-0.3, -0.25) is 58.7 Å². The Labute approximate surface area is 316 Å². The molecular weight excluding hydrogens is 935 g/mol. The van der Waals surface area contributed by atoms with E-state index in [9.17, 15) is 25.2 Å². The van der Waals surface area contributed by atoms with Crippen LogP contribution in [0, 0.1) is 0 Å². The van der Waals surface area contributed by atoms with Crippen molar-refractivity contribution in [3.8, 4) is 0 Å². The number of rotatable bonds is 11. The Hall–Kier alpha value is -0.790. The van der Waals surface area contributed by atoms with Crippen molar-refractivity contribution in [1.29, 1.82) is 0 Å². The van der Waals surface area contributed by atoms with Crippen molar-refractivity contribution in [2.45, 2.75) is 41.5 Å². The molecule has 0 unspecified atom stereocenters. The monoisotopic (exact) mass is 982 g/mol. The molecule has 56 heavy (non-hydrogen) atoms. The third-order valence-corrected chi connectivity index (χ3v) is 9.84. The zero-order valence-electron chi connectivity index (χ0n) is 29.9. The van der Waals surface area contributed by atoms with E-state index in [-0.39, 0.29) is 0 Å². The number of nitrogens with zero attached hydrogens (tertiary/aromatic N) is 6. The molecule has 38 heteroatoms. The van der Waals surface area contributed by atoms with Gasteiger partial charge in [0.15, 0.2) is 0 Å². The van der Waals surface area contributed by atoms with Gasteiger partial charge in [-0.25, -0.2) is 27.4 Å². The summed E-state index contributed by atoms with van der Waals surface area (Å²) >= 11 is 0. The molecule has 1 aromatic heterocycles. The summed E-state index contributed by atoms with van der Waals surface area (Å²) < 4.78 is 128. The summed E-state index contributed by atoms with van der Waals surface area (Å²) in [5.74, 6) is 0. The van der Waals surface area contributed by atoms with Crippen LogP contribution in [-0.2, 0) is 27.4 Å². The van der Waals surface area contributed by atoms with Crippen molar-refractivity contribution in [2.24, 2.45) is 0 Å². The van der Waals surface area contributed by atoms with E-state index in [0.29, 0.717) is 0 Å². The predicted octanol–water partition coefficient (Wildman–Crippen LogP) is 3.59. The second-order valence-electron chi connectivity index (χ2n) is 8.97. The zero-order chi connectivity index (χ0) is 46.2.